The van der Waals surface area contributed by atoms with Crippen molar-refractivity contribution in [3.8, 4) is 0 Å². The van der Waals surface area contributed by atoms with Crippen LogP contribution in [0.5, 0.6) is 0 Å². The fourth-order valence-electron chi connectivity index (χ4n) is 2.64. The molecule has 9 heteroatoms. The Morgan fingerprint density at radius 1 is 1.38 bits per heavy atom. The third-order valence-electron chi connectivity index (χ3n) is 3.72. The van der Waals surface area contributed by atoms with Crippen molar-refractivity contribution >= 4 is 34.7 Å². The molecule has 0 saturated carbocycles. The number of carbonyl (C=O) groups excluding carboxylic acids is 1. The Kier molecular flexibility index (Phi) is 5.87. The van der Waals surface area contributed by atoms with Crippen LogP contribution in [0.2, 0.25) is 0 Å². The predicted molar refractivity (Wildman–Crippen MR) is 91.3 cm³/mol. The van der Waals surface area contributed by atoms with E-state index in [-0.39, 0.29) is 35.2 Å². The van der Waals surface area contributed by atoms with Gasteiger partial charge in [0.2, 0.25) is 0 Å². The number of thiophene rings is 1. The van der Waals surface area contributed by atoms with E-state index in [1.54, 1.807) is 17.0 Å². The van der Waals surface area contributed by atoms with Crippen molar-refractivity contribution in [3.05, 3.63) is 62.8 Å². The van der Waals surface area contributed by atoms with E-state index in [9.17, 15) is 19.3 Å². The van der Waals surface area contributed by atoms with Crippen LogP contribution in [0.1, 0.15) is 21.3 Å². The Morgan fingerprint density at radius 2 is 2.17 bits per heavy atom. The minimum Gasteiger partial charge on any atom is -0.328 e. The smallest absolute Gasteiger partial charge is 0.324 e. The maximum atomic E-state index is 13.5. The van der Waals surface area contributed by atoms with Gasteiger partial charge in [-0.2, -0.15) is 0 Å². The van der Waals surface area contributed by atoms with Gasteiger partial charge in [0, 0.05) is 25.7 Å². The van der Waals surface area contributed by atoms with Gasteiger partial charge in [-0.1, -0.05) is 23.5 Å². The summed E-state index contributed by atoms with van der Waals surface area (Å²) < 4.78 is 13.5. The Hall–Kier alpha value is -2.03. The van der Waals surface area contributed by atoms with Crippen LogP contribution in [0, 0.1) is 15.9 Å². The van der Waals surface area contributed by atoms with Crippen molar-refractivity contribution in [2.24, 2.45) is 0 Å². The standard InChI is InChI=1S/C15H14FN3O3S.ClH/c16-11-3-1-2-10(8-11)12-9-17-6-7-18(12)15(20)13-4-5-14(23-13)19(21)22;/h1-5,8,12,17H,6-7,9H2;1H. The average molecular weight is 372 g/mol. The van der Waals surface area contributed by atoms with Gasteiger partial charge in [0.05, 0.1) is 15.8 Å². The van der Waals surface area contributed by atoms with Crippen molar-refractivity contribution in [1.82, 2.24) is 10.2 Å². The summed E-state index contributed by atoms with van der Waals surface area (Å²) in [6.07, 6.45) is 0. The van der Waals surface area contributed by atoms with E-state index in [1.165, 1.54) is 24.3 Å². The predicted octanol–water partition coefficient (Wildman–Crippen LogP) is 3.00. The molecule has 1 aromatic carbocycles. The molecule has 2 heterocycles. The summed E-state index contributed by atoms with van der Waals surface area (Å²) in [4.78, 5) is 24.9. The SMILES string of the molecule is Cl.O=C(c1ccc([N+](=O)[O-])s1)N1CCNCC1c1cccc(F)c1. The highest BCUT2D eigenvalue weighted by molar-refractivity contribution is 7.17. The lowest BCUT2D eigenvalue weighted by molar-refractivity contribution is -0.380. The largest absolute Gasteiger partial charge is 0.328 e. The molecule has 1 fully saturated rings. The Labute approximate surface area is 147 Å². The molecule has 24 heavy (non-hydrogen) atoms. The van der Waals surface area contributed by atoms with Crippen molar-refractivity contribution in [2.45, 2.75) is 6.04 Å². The maximum Gasteiger partial charge on any atom is 0.324 e. The van der Waals surface area contributed by atoms with Gasteiger partial charge in [-0.05, 0) is 23.8 Å². The highest BCUT2D eigenvalue weighted by atomic mass is 35.5. The van der Waals surface area contributed by atoms with Gasteiger partial charge in [0.1, 0.15) is 5.82 Å². The van der Waals surface area contributed by atoms with Gasteiger partial charge < -0.3 is 10.2 Å². The molecule has 0 spiro atoms. The Balaban J connectivity index is 0.00000208. The molecule has 1 atom stereocenters. The topological polar surface area (TPSA) is 75.5 Å². The van der Waals surface area contributed by atoms with Gasteiger partial charge in [-0.3, -0.25) is 14.9 Å². The number of rotatable bonds is 3. The molecule has 1 amide bonds. The highest BCUT2D eigenvalue weighted by Crippen LogP contribution is 2.29. The zero-order valence-electron chi connectivity index (χ0n) is 12.5. The number of carbonyl (C=O) groups is 1. The quantitative estimate of drug-likeness (QED) is 0.664. The molecular weight excluding hydrogens is 357 g/mol. The molecule has 128 valence electrons. The molecule has 0 aliphatic carbocycles. The van der Waals surface area contributed by atoms with Gasteiger partial charge in [-0.15, -0.1) is 12.4 Å². The number of hydrogen-bond acceptors (Lipinski definition) is 5. The van der Waals surface area contributed by atoms with E-state index < -0.39 is 4.92 Å². The number of piperazine rings is 1. The Bertz CT molecular complexity index is 755. The van der Waals surface area contributed by atoms with Crippen LogP contribution >= 0.6 is 23.7 Å². The lowest BCUT2D eigenvalue weighted by Crippen LogP contribution is -2.48. The summed E-state index contributed by atoms with van der Waals surface area (Å²) in [6.45, 7) is 1.61. The number of nitro groups is 1. The monoisotopic (exact) mass is 371 g/mol. The molecule has 3 rings (SSSR count). The fourth-order valence-corrected chi connectivity index (χ4v) is 3.42. The van der Waals surface area contributed by atoms with Gasteiger partial charge in [0.25, 0.3) is 5.91 Å². The summed E-state index contributed by atoms with van der Waals surface area (Å²) in [6, 6.07) is 8.65. The molecule has 1 saturated heterocycles. The number of halogens is 2. The summed E-state index contributed by atoms with van der Waals surface area (Å²) >= 11 is 0.858. The normalized spacial score (nSPS) is 17.2. The first-order chi connectivity index (χ1) is 11.1. The first-order valence-corrected chi connectivity index (χ1v) is 7.89. The van der Waals surface area contributed by atoms with E-state index in [0.29, 0.717) is 30.1 Å². The highest BCUT2D eigenvalue weighted by Gasteiger charge is 2.30. The zero-order chi connectivity index (χ0) is 16.4. The lowest BCUT2D eigenvalue weighted by Gasteiger charge is -2.36. The van der Waals surface area contributed by atoms with E-state index >= 15 is 0 Å². The van der Waals surface area contributed by atoms with Crippen LogP contribution < -0.4 is 5.32 Å². The first kappa shape index (κ1) is 18.3. The molecule has 1 unspecified atom stereocenters. The van der Waals surface area contributed by atoms with Gasteiger partial charge >= 0.3 is 5.00 Å². The van der Waals surface area contributed by atoms with Crippen LogP contribution in [0.4, 0.5) is 9.39 Å². The second kappa shape index (κ2) is 7.69. The minimum atomic E-state index is -0.511. The third kappa shape index (κ3) is 3.72. The van der Waals surface area contributed by atoms with Crippen molar-refractivity contribution in [3.63, 3.8) is 0 Å². The van der Waals surface area contributed by atoms with Crippen LogP contribution in [0.3, 0.4) is 0 Å². The van der Waals surface area contributed by atoms with E-state index in [1.807, 2.05) is 0 Å². The van der Waals surface area contributed by atoms with E-state index in [2.05, 4.69) is 5.32 Å². The van der Waals surface area contributed by atoms with Gasteiger partial charge in [-0.25, -0.2) is 4.39 Å². The number of nitrogens with zero attached hydrogens (tertiary/aromatic N) is 2. The molecule has 0 radical (unpaired) electrons. The number of hydrogen-bond donors (Lipinski definition) is 1. The molecule has 1 aromatic heterocycles. The molecule has 2 aromatic rings. The molecule has 0 bridgehead atoms. The third-order valence-corrected chi connectivity index (χ3v) is 4.75. The van der Waals surface area contributed by atoms with Crippen LogP contribution in [0.25, 0.3) is 0 Å². The molecule has 1 aliphatic heterocycles. The van der Waals surface area contributed by atoms with Crippen molar-refractivity contribution in [1.29, 1.82) is 0 Å². The van der Waals surface area contributed by atoms with Crippen LogP contribution in [-0.4, -0.2) is 35.4 Å². The number of nitrogens with one attached hydrogen (secondary N) is 1. The first-order valence-electron chi connectivity index (χ1n) is 7.07. The number of amides is 1. The van der Waals surface area contributed by atoms with Gasteiger partial charge in [0.15, 0.2) is 0 Å². The van der Waals surface area contributed by atoms with Crippen molar-refractivity contribution in [2.75, 3.05) is 19.6 Å². The summed E-state index contributed by atoms with van der Waals surface area (Å²) in [5.74, 6) is -0.619. The second-order valence-electron chi connectivity index (χ2n) is 5.17. The molecule has 6 nitrogen and oxygen atoms in total. The summed E-state index contributed by atoms with van der Waals surface area (Å²) in [5, 5.41) is 13.9. The average Bonchev–Trinajstić information content (AvgIpc) is 3.04. The summed E-state index contributed by atoms with van der Waals surface area (Å²) in [5.41, 5.74) is 0.705. The number of benzene rings is 1. The molecular formula is C15H15ClFN3O3S. The zero-order valence-corrected chi connectivity index (χ0v) is 14.1. The molecule has 1 N–H and O–H groups in total. The lowest BCUT2D eigenvalue weighted by atomic mass is 10.0. The fraction of sp³-hybridized carbons (Fsp3) is 0.267. The van der Waals surface area contributed by atoms with E-state index in [4.69, 9.17) is 0 Å². The minimum absolute atomic E-state index is 0. The van der Waals surface area contributed by atoms with E-state index in [0.717, 1.165) is 11.3 Å². The van der Waals surface area contributed by atoms with Crippen LogP contribution in [0.15, 0.2) is 36.4 Å². The molecule has 1 aliphatic rings. The second-order valence-corrected chi connectivity index (χ2v) is 6.23. The maximum absolute atomic E-state index is 13.5. The van der Waals surface area contributed by atoms with Crippen molar-refractivity contribution < 1.29 is 14.1 Å². The van der Waals surface area contributed by atoms with Crippen LogP contribution in [-0.2, 0) is 0 Å². The Morgan fingerprint density at radius 3 is 2.83 bits per heavy atom. The summed E-state index contributed by atoms with van der Waals surface area (Å²) in [7, 11) is 0.